The third kappa shape index (κ3) is 5.13. The number of thiazole rings is 1. The summed E-state index contributed by atoms with van der Waals surface area (Å²) in [6.45, 7) is 0. The number of rotatable bonds is 7. The number of aromatic nitrogens is 3. The molecule has 0 unspecified atom stereocenters. The molecule has 1 aliphatic heterocycles. The maximum absolute atomic E-state index is 12.4. The molecule has 10 nitrogen and oxygen atoms in total. The van der Waals surface area contributed by atoms with Gasteiger partial charge >= 0.3 is 0 Å². The molecule has 0 bridgehead atoms. The first kappa shape index (κ1) is 21.1. The fraction of sp³-hybridized carbons (Fsp3) is 0.167. The first-order chi connectivity index (χ1) is 15.0. The number of nitrogens with one attached hydrogen (secondary N) is 2. The predicted molar refractivity (Wildman–Crippen MR) is 117 cm³/mol. The van der Waals surface area contributed by atoms with Crippen LogP contribution in [0.1, 0.15) is 23.2 Å². The van der Waals surface area contributed by atoms with Gasteiger partial charge in [0.1, 0.15) is 0 Å². The van der Waals surface area contributed by atoms with Gasteiger partial charge in [0.05, 0.1) is 11.4 Å². The highest BCUT2D eigenvalue weighted by Gasteiger charge is 2.30. The molecule has 4 amide bonds. The van der Waals surface area contributed by atoms with E-state index in [9.17, 15) is 19.2 Å². The van der Waals surface area contributed by atoms with E-state index < -0.39 is 5.91 Å². The number of hydrogen-bond donors (Lipinski definition) is 2. The fourth-order valence-corrected chi connectivity index (χ4v) is 4.77. The zero-order valence-electron chi connectivity index (χ0n) is 15.7. The van der Waals surface area contributed by atoms with Crippen LogP contribution in [0.2, 0.25) is 0 Å². The summed E-state index contributed by atoms with van der Waals surface area (Å²) >= 11 is 3.68. The lowest BCUT2D eigenvalue weighted by molar-refractivity contribution is -0.121. The van der Waals surface area contributed by atoms with Crippen LogP contribution in [0.3, 0.4) is 0 Å². The third-order valence-corrected chi connectivity index (χ3v) is 6.73. The minimum absolute atomic E-state index is 0.136. The normalized spacial score (nSPS) is 13.5. The van der Waals surface area contributed by atoms with E-state index in [2.05, 4.69) is 25.8 Å². The second kappa shape index (κ2) is 9.32. The molecule has 1 aromatic carbocycles. The average Bonchev–Trinajstić information content (AvgIpc) is 3.49. The lowest BCUT2D eigenvalue weighted by atomic mass is 10.2. The van der Waals surface area contributed by atoms with Gasteiger partial charge in [-0.2, -0.15) is 0 Å². The molecule has 3 aromatic rings. The minimum atomic E-state index is -0.403. The molecule has 0 aliphatic carbocycles. The van der Waals surface area contributed by atoms with Crippen LogP contribution in [-0.2, 0) is 14.4 Å². The zero-order valence-corrected chi connectivity index (χ0v) is 18.2. The van der Waals surface area contributed by atoms with Crippen LogP contribution >= 0.6 is 34.4 Å². The standard InChI is InChI=1S/C18H14N6O4S3/c25-12(20-16-19-7-8-29-16)9-30-18-23-22-17(31-18)21-15(28)10-1-3-11(4-2-10)24-13(26)5-6-14(24)27/h1-4,7-8H,5-6,9H2,(H,19,20,25)(H,21,22,28). The van der Waals surface area contributed by atoms with Crippen molar-refractivity contribution in [2.75, 3.05) is 21.3 Å². The summed E-state index contributed by atoms with van der Waals surface area (Å²) < 4.78 is 0.533. The Morgan fingerprint density at radius 2 is 1.77 bits per heavy atom. The van der Waals surface area contributed by atoms with E-state index >= 15 is 0 Å². The van der Waals surface area contributed by atoms with Crippen molar-refractivity contribution in [1.29, 1.82) is 0 Å². The molecule has 31 heavy (non-hydrogen) atoms. The van der Waals surface area contributed by atoms with Gasteiger partial charge in [-0.05, 0) is 24.3 Å². The fourth-order valence-electron chi connectivity index (χ4n) is 2.68. The molecule has 4 rings (SSSR count). The molecule has 2 aromatic heterocycles. The monoisotopic (exact) mass is 474 g/mol. The van der Waals surface area contributed by atoms with Gasteiger partial charge in [0, 0.05) is 30.0 Å². The summed E-state index contributed by atoms with van der Waals surface area (Å²) in [6, 6.07) is 6.17. The number of hydrogen-bond acceptors (Lipinski definition) is 10. The Kier molecular flexibility index (Phi) is 6.34. The van der Waals surface area contributed by atoms with Gasteiger partial charge < -0.3 is 5.32 Å². The van der Waals surface area contributed by atoms with Crippen LogP contribution in [0.4, 0.5) is 16.0 Å². The summed E-state index contributed by atoms with van der Waals surface area (Å²) in [5, 5.41) is 15.8. The summed E-state index contributed by atoms with van der Waals surface area (Å²) in [4.78, 5) is 53.0. The molecule has 1 aliphatic rings. The van der Waals surface area contributed by atoms with Gasteiger partial charge in [-0.15, -0.1) is 21.5 Å². The summed E-state index contributed by atoms with van der Waals surface area (Å²) in [7, 11) is 0. The topological polar surface area (TPSA) is 134 Å². The van der Waals surface area contributed by atoms with E-state index in [0.717, 1.165) is 16.2 Å². The maximum Gasteiger partial charge on any atom is 0.257 e. The van der Waals surface area contributed by atoms with Crippen LogP contribution < -0.4 is 15.5 Å². The van der Waals surface area contributed by atoms with Crippen molar-refractivity contribution in [3.8, 4) is 0 Å². The number of carbonyl (C=O) groups excluding carboxylic acids is 4. The molecule has 0 radical (unpaired) electrons. The number of imide groups is 1. The quantitative estimate of drug-likeness (QED) is 0.303. The van der Waals surface area contributed by atoms with E-state index in [1.807, 2.05) is 0 Å². The van der Waals surface area contributed by atoms with Crippen molar-refractivity contribution in [3.05, 3.63) is 41.4 Å². The molecule has 3 heterocycles. The van der Waals surface area contributed by atoms with Crippen LogP contribution in [-0.4, -0.2) is 44.6 Å². The van der Waals surface area contributed by atoms with E-state index in [-0.39, 0.29) is 36.3 Å². The van der Waals surface area contributed by atoms with E-state index in [4.69, 9.17) is 0 Å². The van der Waals surface area contributed by atoms with E-state index in [1.165, 1.54) is 35.2 Å². The highest BCUT2D eigenvalue weighted by Crippen LogP contribution is 2.27. The predicted octanol–water partition coefficient (Wildman–Crippen LogP) is 2.63. The first-order valence-corrected chi connectivity index (χ1v) is 11.6. The lowest BCUT2D eigenvalue weighted by Gasteiger charge is -2.13. The second-order valence-corrected chi connectivity index (χ2v) is 9.27. The molecule has 0 saturated carbocycles. The van der Waals surface area contributed by atoms with Crippen LogP contribution in [0.5, 0.6) is 0 Å². The lowest BCUT2D eigenvalue weighted by Crippen LogP contribution is -2.28. The Morgan fingerprint density at radius 3 is 2.45 bits per heavy atom. The average molecular weight is 475 g/mol. The van der Waals surface area contributed by atoms with Gasteiger partial charge in [-0.1, -0.05) is 23.1 Å². The van der Waals surface area contributed by atoms with Gasteiger partial charge in [0.25, 0.3) is 5.91 Å². The van der Waals surface area contributed by atoms with Gasteiger partial charge in [0.15, 0.2) is 9.47 Å². The van der Waals surface area contributed by atoms with Crippen LogP contribution in [0.15, 0.2) is 40.2 Å². The summed E-state index contributed by atoms with van der Waals surface area (Å²) in [6.07, 6.45) is 2.00. The molecular weight excluding hydrogens is 460 g/mol. The molecule has 0 atom stereocenters. The van der Waals surface area contributed by atoms with Crippen LogP contribution in [0, 0.1) is 0 Å². The second-order valence-electron chi connectivity index (χ2n) is 6.17. The molecule has 0 spiro atoms. The van der Waals surface area contributed by atoms with Gasteiger partial charge in [0.2, 0.25) is 22.9 Å². The summed E-state index contributed by atoms with van der Waals surface area (Å²) in [5.74, 6) is -0.976. The largest absolute Gasteiger partial charge is 0.301 e. The Bertz CT molecular complexity index is 1110. The summed E-state index contributed by atoms with van der Waals surface area (Å²) in [5.41, 5.74) is 0.782. The number of anilines is 3. The zero-order chi connectivity index (χ0) is 21.8. The van der Waals surface area contributed by atoms with Crippen LogP contribution in [0.25, 0.3) is 0 Å². The number of benzene rings is 1. The Labute approximate surface area is 188 Å². The third-order valence-electron chi connectivity index (χ3n) is 4.07. The Morgan fingerprint density at radius 1 is 1.03 bits per heavy atom. The molecule has 1 fully saturated rings. The molecule has 1 saturated heterocycles. The minimum Gasteiger partial charge on any atom is -0.301 e. The van der Waals surface area contributed by atoms with Crippen molar-refractivity contribution in [1.82, 2.24) is 15.2 Å². The number of amides is 4. The highest BCUT2D eigenvalue weighted by atomic mass is 32.2. The Hall–Kier alpha value is -3.16. The van der Waals surface area contributed by atoms with Gasteiger partial charge in [-0.3, -0.25) is 29.4 Å². The maximum atomic E-state index is 12.4. The first-order valence-electron chi connectivity index (χ1n) is 8.92. The molecule has 13 heteroatoms. The van der Waals surface area contributed by atoms with E-state index in [0.29, 0.717) is 25.9 Å². The van der Waals surface area contributed by atoms with Crippen molar-refractivity contribution in [2.45, 2.75) is 17.2 Å². The molecular formula is C18H14N6O4S3. The molecule has 158 valence electrons. The van der Waals surface area contributed by atoms with Crippen molar-refractivity contribution in [2.24, 2.45) is 0 Å². The number of nitrogens with zero attached hydrogens (tertiary/aromatic N) is 4. The smallest absolute Gasteiger partial charge is 0.257 e. The highest BCUT2D eigenvalue weighted by molar-refractivity contribution is 8.01. The van der Waals surface area contributed by atoms with Crippen molar-refractivity contribution < 1.29 is 19.2 Å². The molecule has 2 N–H and O–H groups in total. The van der Waals surface area contributed by atoms with Gasteiger partial charge in [-0.25, -0.2) is 4.98 Å². The van der Waals surface area contributed by atoms with E-state index in [1.54, 1.807) is 23.7 Å². The number of thioether (sulfide) groups is 1. The Balaban J connectivity index is 1.31. The number of carbonyl (C=O) groups is 4. The van der Waals surface area contributed by atoms with Crippen molar-refractivity contribution >= 4 is 74.0 Å². The van der Waals surface area contributed by atoms with Crippen molar-refractivity contribution in [3.63, 3.8) is 0 Å². The SMILES string of the molecule is O=C(CSc1nnc(NC(=O)c2ccc(N3C(=O)CCC3=O)cc2)s1)Nc1nccs1.